The summed E-state index contributed by atoms with van der Waals surface area (Å²) >= 11 is 0. The highest BCUT2D eigenvalue weighted by molar-refractivity contribution is 6.51. The maximum atomic E-state index is 13.3. The van der Waals surface area contributed by atoms with Crippen molar-refractivity contribution < 1.29 is 29.0 Å². The smallest absolute Gasteiger partial charge is 0.338 e. The standard InChI is InChI=1S/C29H28N2O6/c1-4-16-36-29(35)20-8-7-9-21(17-20)31-25(23-10-5-6-15-30-23)24(27(33)28(31)34)26(32)19-11-13-22(14-12-19)37-18(2)3/h5-15,17-18,25,32H,4,16H2,1-3H3/b26-24+. The maximum absolute atomic E-state index is 13.3. The van der Waals surface area contributed by atoms with Crippen molar-refractivity contribution in [3.63, 3.8) is 0 Å². The number of Topliss-reactive ketones (excluding diaryl/α,β-unsaturated/α-hetero) is 1. The van der Waals surface area contributed by atoms with Gasteiger partial charge in [-0.05, 0) is 74.9 Å². The molecule has 1 atom stereocenters. The summed E-state index contributed by atoms with van der Waals surface area (Å²) in [7, 11) is 0. The van der Waals surface area contributed by atoms with Gasteiger partial charge in [0.2, 0.25) is 0 Å². The second kappa shape index (κ2) is 11.1. The molecule has 1 amide bonds. The summed E-state index contributed by atoms with van der Waals surface area (Å²) in [5.41, 5.74) is 1.20. The number of amides is 1. The topological polar surface area (TPSA) is 106 Å². The summed E-state index contributed by atoms with van der Waals surface area (Å²) < 4.78 is 10.9. The number of carbonyl (C=O) groups excluding carboxylic acids is 3. The number of aliphatic hydroxyl groups is 1. The molecule has 1 N–H and O–H groups in total. The van der Waals surface area contributed by atoms with E-state index in [0.717, 1.165) is 0 Å². The van der Waals surface area contributed by atoms with Gasteiger partial charge in [0.1, 0.15) is 17.6 Å². The predicted molar refractivity (Wildman–Crippen MR) is 138 cm³/mol. The highest BCUT2D eigenvalue weighted by atomic mass is 16.5. The van der Waals surface area contributed by atoms with Gasteiger partial charge in [0.25, 0.3) is 11.7 Å². The lowest BCUT2D eigenvalue weighted by atomic mass is 9.98. The Bertz CT molecular complexity index is 1330. The Hall–Kier alpha value is -4.46. The van der Waals surface area contributed by atoms with Gasteiger partial charge in [0.15, 0.2) is 0 Å². The molecule has 0 radical (unpaired) electrons. The van der Waals surface area contributed by atoms with Crippen molar-refractivity contribution in [3.8, 4) is 5.75 Å². The number of benzene rings is 2. The van der Waals surface area contributed by atoms with E-state index in [1.165, 1.54) is 11.0 Å². The number of ether oxygens (including phenoxy) is 2. The van der Waals surface area contributed by atoms with Crippen LogP contribution < -0.4 is 9.64 Å². The summed E-state index contributed by atoms with van der Waals surface area (Å²) in [5, 5.41) is 11.3. The van der Waals surface area contributed by atoms with Gasteiger partial charge in [0.05, 0.1) is 29.5 Å². The SMILES string of the molecule is CCCOC(=O)c1cccc(N2C(=O)C(=O)/C(=C(/O)c3ccc(OC(C)C)cc3)C2c2ccccn2)c1. The van der Waals surface area contributed by atoms with Crippen LogP contribution in [0.4, 0.5) is 5.69 Å². The molecule has 1 aliphatic heterocycles. The third-order valence-corrected chi connectivity index (χ3v) is 5.71. The van der Waals surface area contributed by atoms with E-state index in [-0.39, 0.29) is 29.6 Å². The Labute approximate surface area is 215 Å². The lowest BCUT2D eigenvalue weighted by Gasteiger charge is -2.25. The Morgan fingerprint density at radius 1 is 1.03 bits per heavy atom. The average Bonchev–Trinajstić information content (AvgIpc) is 3.17. The first-order valence-electron chi connectivity index (χ1n) is 12.1. The molecule has 0 bridgehead atoms. The number of rotatable bonds is 8. The number of hydrogen-bond acceptors (Lipinski definition) is 7. The molecule has 2 heterocycles. The molecule has 3 aromatic rings. The minimum atomic E-state index is -1.00. The van der Waals surface area contributed by atoms with Gasteiger partial charge in [-0.3, -0.25) is 19.5 Å². The molecule has 0 spiro atoms. The molecule has 8 heteroatoms. The monoisotopic (exact) mass is 500 g/mol. The van der Waals surface area contributed by atoms with E-state index >= 15 is 0 Å². The third-order valence-electron chi connectivity index (χ3n) is 5.71. The number of aliphatic hydroxyl groups excluding tert-OH is 1. The van der Waals surface area contributed by atoms with Crippen LogP contribution in [-0.4, -0.2) is 40.5 Å². The molecule has 0 aliphatic carbocycles. The van der Waals surface area contributed by atoms with E-state index in [1.807, 2.05) is 20.8 Å². The summed E-state index contributed by atoms with van der Waals surface area (Å²) in [5.74, 6) is -1.93. The minimum Gasteiger partial charge on any atom is -0.507 e. The fourth-order valence-corrected chi connectivity index (χ4v) is 4.10. The Balaban J connectivity index is 1.81. The van der Waals surface area contributed by atoms with Crippen LogP contribution in [0.2, 0.25) is 0 Å². The minimum absolute atomic E-state index is 0.0241. The van der Waals surface area contributed by atoms with Crippen molar-refractivity contribution in [2.45, 2.75) is 39.3 Å². The fourth-order valence-electron chi connectivity index (χ4n) is 4.10. The van der Waals surface area contributed by atoms with Crippen LogP contribution in [0.1, 0.15) is 54.8 Å². The molecule has 1 fully saturated rings. The van der Waals surface area contributed by atoms with E-state index in [0.29, 0.717) is 29.1 Å². The molecule has 2 aromatic carbocycles. The lowest BCUT2D eigenvalue weighted by molar-refractivity contribution is -0.132. The molecule has 37 heavy (non-hydrogen) atoms. The highest BCUT2D eigenvalue weighted by Crippen LogP contribution is 2.41. The maximum Gasteiger partial charge on any atom is 0.338 e. The van der Waals surface area contributed by atoms with Crippen molar-refractivity contribution >= 4 is 29.1 Å². The molecular weight excluding hydrogens is 472 g/mol. The second-order valence-electron chi connectivity index (χ2n) is 8.80. The van der Waals surface area contributed by atoms with Crippen LogP contribution in [0.15, 0.2) is 78.5 Å². The van der Waals surface area contributed by atoms with Crippen molar-refractivity contribution in [3.05, 3.63) is 95.3 Å². The van der Waals surface area contributed by atoms with E-state index in [9.17, 15) is 19.5 Å². The zero-order chi connectivity index (χ0) is 26.5. The highest BCUT2D eigenvalue weighted by Gasteiger charge is 2.47. The first-order chi connectivity index (χ1) is 17.8. The van der Waals surface area contributed by atoms with Crippen molar-refractivity contribution in [1.29, 1.82) is 0 Å². The number of nitrogens with zero attached hydrogens (tertiary/aromatic N) is 2. The first-order valence-corrected chi connectivity index (χ1v) is 12.1. The van der Waals surface area contributed by atoms with Crippen molar-refractivity contribution in [2.24, 2.45) is 0 Å². The Morgan fingerprint density at radius 3 is 2.43 bits per heavy atom. The van der Waals surface area contributed by atoms with Gasteiger partial charge in [-0.2, -0.15) is 0 Å². The van der Waals surface area contributed by atoms with Crippen LogP contribution >= 0.6 is 0 Å². The largest absolute Gasteiger partial charge is 0.507 e. The van der Waals surface area contributed by atoms with E-state index in [4.69, 9.17) is 9.47 Å². The number of hydrogen-bond donors (Lipinski definition) is 1. The summed E-state index contributed by atoms with van der Waals surface area (Å²) in [6.45, 7) is 5.96. The van der Waals surface area contributed by atoms with E-state index < -0.39 is 23.7 Å². The third kappa shape index (κ3) is 5.38. The molecule has 1 saturated heterocycles. The van der Waals surface area contributed by atoms with Gasteiger partial charge in [-0.25, -0.2) is 4.79 Å². The number of ketones is 1. The van der Waals surface area contributed by atoms with Gasteiger partial charge in [0, 0.05) is 17.4 Å². The van der Waals surface area contributed by atoms with Crippen LogP contribution in [-0.2, 0) is 14.3 Å². The molecule has 4 rings (SSSR count). The van der Waals surface area contributed by atoms with Crippen molar-refractivity contribution in [2.75, 3.05) is 11.5 Å². The molecule has 1 unspecified atom stereocenters. The second-order valence-corrected chi connectivity index (χ2v) is 8.80. The summed E-state index contributed by atoms with van der Waals surface area (Å²) in [4.78, 5) is 44.7. The Kier molecular flexibility index (Phi) is 7.67. The van der Waals surface area contributed by atoms with Gasteiger partial charge in [-0.1, -0.05) is 19.1 Å². The first kappa shape index (κ1) is 25.6. The Morgan fingerprint density at radius 2 is 1.78 bits per heavy atom. The number of esters is 1. The van der Waals surface area contributed by atoms with Crippen molar-refractivity contribution in [1.82, 2.24) is 4.98 Å². The number of aromatic nitrogens is 1. The molecule has 1 aromatic heterocycles. The van der Waals surface area contributed by atoms with Gasteiger partial charge in [-0.15, -0.1) is 0 Å². The van der Waals surface area contributed by atoms with E-state index in [1.54, 1.807) is 66.9 Å². The van der Waals surface area contributed by atoms with Gasteiger partial charge >= 0.3 is 5.97 Å². The van der Waals surface area contributed by atoms with Crippen LogP contribution in [0.25, 0.3) is 5.76 Å². The molecule has 1 aliphatic rings. The average molecular weight is 501 g/mol. The summed E-state index contributed by atoms with van der Waals surface area (Å²) in [6.07, 6.45) is 2.19. The van der Waals surface area contributed by atoms with Crippen LogP contribution in [0, 0.1) is 0 Å². The molecule has 190 valence electrons. The number of pyridine rings is 1. The zero-order valence-electron chi connectivity index (χ0n) is 20.9. The predicted octanol–water partition coefficient (Wildman–Crippen LogP) is 5.06. The number of carbonyl (C=O) groups is 3. The fraction of sp³-hybridized carbons (Fsp3) is 0.241. The van der Waals surface area contributed by atoms with Crippen LogP contribution in [0.5, 0.6) is 5.75 Å². The quantitative estimate of drug-likeness (QED) is 0.199. The molecule has 0 saturated carbocycles. The lowest BCUT2D eigenvalue weighted by Crippen LogP contribution is -2.30. The number of anilines is 1. The molecular formula is C29H28N2O6. The normalized spacial score (nSPS) is 16.8. The summed E-state index contributed by atoms with van der Waals surface area (Å²) in [6, 6.07) is 17.1. The van der Waals surface area contributed by atoms with E-state index in [2.05, 4.69) is 4.98 Å². The van der Waals surface area contributed by atoms with Gasteiger partial charge < -0.3 is 14.6 Å². The zero-order valence-corrected chi connectivity index (χ0v) is 20.9. The molecule has 8 nitrogen and oxygen atoms in total. The van der Waals surface area contributed by atoms with Crippen LogP contribution in [0.3, 0.4) is 0 Å².